The second-order valence-corrected chi connectivity index (χ2v) is 12.7. The number of nitrogens with zero attached hydrogens (tertiary/aromatic N) is 5. The zero-order valence-corrected chi connectivity index (χ0v) is 24.2. The summed E-state index contributed by atoms with van der Waals surface area (Å²) in [5.41, 5.74) is 2.47. The first kappa shape index (κ1) is 28.7. The van der Waals surface area contributed by atoms with Crippen LogP contribution < -0.4 is 20.7 Å². The monoisotopic (exact) mass is 623 g/mol. The summed E-state index contributed by atoms with van der Waals surface area (Å²) < 4.78 is 79.7. The Bertz CT molecular complexity index is 1590. The molecule has 2 unspecified atom stereocenters. The lowest BCUT2D eigenvalue weighted by Gasteiger charge is -2.34. The third-order valence-corrected chi connectivity index (χ3v) is 9.64. The molecule has 3 aromatic rings. The molecule has 4 aliphatic heterocycles. The number of nitrogen functional groups attached to an aromatic ring is 1. The molecule has 1 aromatic carbocycles. The number of aryl methyl sites for hydroxylation is 1. The average molecular weight is 624 g/mol. The smallest absolute Gasteiger partial charge is 0.418 e. The minimum atomic E-state index is -4.85. The number of benzene rings is 1. The van der Waals surface area contributed by atoms with E-state index in [0.717, 1.165) is 38.3 Å². The number of nitrogens with one attached hydrogen (secondary N) is 1. The van der Waals surface area contributed by atoms with Crippen molar-refractivity contribution in [2.24, 2.45) is 0 Å². The highest BCUT2D eigenvalue weighted by Gasteiger charge is 2.49. The van der Waals surface area contributed by atoms with Gasteiger partial charge in [-0.1, -0.05) is 11.6 Å². The molecule has 7 rings (SSSR count). The minimum absolute atomic E-state index is 0.113. The Balaban J connectivity index is 1.38. The lowest BCUT2D eigenvalue weighted by atomic mass is 9.95. The summed E-state index contributed by atoms with van der Waals surface area (Å²) in [6.45, 7) is 3.64. The highest BCUT2D eigenvalue weighted by molar-refractivity contribution is 6.34. The Kier molecular flexibility index (Phi) is 6.86. The van der Waals surface area contributed by atoms with Crippen molar-refractivity contribution in [1.82, 2.24) is 25.2 Å². The number of halogens is 6. The Labute approximate surface area is 249 Å². The van der Waals surface area contributed by atoms with Crippen LogP contribution in [0.3, 0.4) is 0 Å². The van der Waals surface area contributed by atoms with E-state index in [4.69, 9.17) is 27.1 Å². The van der Waals surface area contributed by atoms with Crippen molar-refractivity contribution >= 4 is 34.1 Å². The number of nitrogens with two attached hydrogens (primary N) is 1. The van der Waals surface area contributed by atoms with Crippen LogP contribution in [-0.4, -0.2) is 76.4 Å². The molecule has 0 radical (unpaired) electrons. The first-order valence-electron chi connectivity index (χ1n) is 14.5. The summed E-state index contributed by atoms with van der Waals surface area (Å²) in [7, 11) is 0. The van der Waals surface area contributed by atoms with Crippen molar-refractivity contribution in [2.75, 3.05) is 43.4 Å². The van der Waals surface area contributed by atoms with Gasteiger partial charge in [0.15, 0.2) is 5.82 Å². The Morgan fingerprint density at radius 3 is 2.60 bits per heavy atom. The number of alkyl halides is 4. The van der Waals surface area contributed by atoms with Gasteiger partial charge in [-0.05, 0) is 56.8 Å². The molecule has 0 aliphatic carbocycles. The molecule has 2 bridgehead atoms. The summed E-state index contributed by atoms with van der Waals surface area (Å²) in [5.74, 6) is -0.903. The molecule has 4 aliphatic rings. The largest absolute Gasteiger partial charge is 0.461 e. The zero-order chi connectivity index (χ0) is 30.3. The van der Waals surface area contributed by atoms with Crippen molar-refractivity contribution in [3.8, 4) is 17.3 Å². The van der Waals surface area contributed by atoms with E-state index in [1.165, 1.54) is 13.0 Å². The molecule has 3 N–H and O–H groups in total. The molecule has 2 aromatic heterocycles. The van der Waals surface area contributed by atoms with E-state index in [2.05, 4.69) is 20.2 Å². The standard InChI is InChI=1S/C29H31ClF5N7O/c1-14-7-20(36)38-25(22(14)29(33,34)35)21-19(30)8-18-24(23(21)32)39-27(40-26(18)41-11-16-3-4-17(12-41)37-16)43-13-28-5-2-6-42(28)10-15(31)9-28/h7-8,15-17,37H,2-6,9-13H2,1H3,(H2,36,38)/t15-,16?,17?,28-/m0/s1. The van der Waals surface area contributed by atoms with Crippen molar-refractivity contribution in [2.45, 2.75) is 69.0 Å². The van der Waals surface area contributed by atoms with E-state index < -0.39 is 40.5 Å². The number of piperazine rings is 1. The van der Waals surface area contributed by atoms with Gasteiger partial charge in [-0.25, -0.2) is 13.8 Å². The van der Waals surface area contributed by atoms with Gasteiger partial charge in [0.2, 0.25) is 0 Å². The summed E-state index contributed by atoms with van der Waals surface area (Å²) in [6, 6.07) is 2.78. The van der Waals surface area contributed by atoms with Crippen molar-refractivity contribution in [3.05, 3.63) is 34.1 Å². The Morgan fingerprint density at radius 1 is 1.14 bits per heavy atom. The molecule has 4 saturated heterocycles. The highest BCUT2D eigenvalue weighted by atomic mass is 35.5. The molecular weight excluding hydrogens is 593 g/mol. The van der Waals surface area contributed by atoms with Gasteiger partial charge in [0.05, 0.1) is 27.4 Å². The predicted octanol–water partition coefficient (Wildman–Crippen LogP) is 5.29. The van der Waals surface area contributed by atoms with Crippen LogP contribution in [-0.2, 0) is 6.18 Å². The molecule has 0 saturated carbocycles. The minimum Gasteiger partial charge on any atom is -0.461 e. The van der Waals surface area contributed by atoms with Crippen LogP contribution in [0.2, 0.25) is 5.02 Å². The van der Waals surface area contributed by atoms with E-state index >= 15 is 4.39 Å². The first-order chi connectivity index (χ1) is 20.4. The number of hydrogen-bond acceptors (Lipinski definition) is 8. The fraction of sp³-hybridized carbons (Fsp3) is 0.552. The van der Waals surface area contributed by atoms with Gasteiger partial charge in [-0.15, -0.1) is 0 Å². The molecule has 4 fully saturated rings. The van der Waals surface area contributed by atoms with Crippen molar-refractivity contribution in [1.29, 1.82) is 0 Å². The number of ether oxygens (including phenoxy) is 1. The van der Waals surface area contributed by atoms with Gasteiger partial charge in [0.25, 0.3) is 0 Å². The highest BCUT2D eigenvalue weighted by Crippen LogP contribution is 2.45. The quantitative estimate of drug-likeness (QED) is 0.371. The number of pyridine rings is 1. The lowest BCUT2D eigenvalue weighted by molar-refractivity contribution is -0.137. The number of fused-ring (bicyclic) bond motifs is 4. The molecule has 8 nitrogen and oxygen atoms in total. The van der Waals surface area contributed by atoms with E-state index in [1.807, 2.05) is 4.90 Å². The van der Waals surface area contributed by atoms with Crippen LogP contribution in [0.5, 0.6) is 6.01 Å². The summed E-state index contributed by atoms with van der Waals surface area (Å²) >= 11 is 6.56. The maximum Gasteiger partial charge on any atom is 0.418 e. The molecule has 0 spiro atoms. The molecule has 43 heavy (non-hydrogen) atoms. The second-order valence-electron chi connectivity index (χ2n) is 12.3. The van der Waals surface area contributed by atoms with Gasteiger partial charge in [0.1, 0.15) is 29.9 Å². The molecule has 6 heterocycles. The van der Waals surface area contributed by atoms with Crippen molar-refractivity contribution < 1.29 is 26.7 Å². The predicted molar refractivity (Wildman–Crippen MR) is 153 cm³/mol. The van der Waals surface area contributed by atoms with Crippen LogP contribution in [0, 0.1) is 12.7 Å². The van der Waals surface area contributed by atoms with Crippen LogP contribution in [0.4, 0.5) is 33.6 Å². The van der Waals surface area contributed by atoms with E-state index in [1.54, 1.807) is 0 Å². The molecule has 4 atom stereocenters. The molecule has 230 valence electrons. The van der Waals surface area contributed by atoms with Gasteiger partial charge in [-0.2, -0.15) is 23.1 Å². The Morgan fingerprint density at radius 2 is 1.88 bits per heavy atom. The van der Waals surface area contributed by atoms with Gasteiger partial charge in [-0.3, -0.25) is 4.90 Å². The summed E-state index contributed by atoms with van der Waals surface area (Å²) in [5, 5.41) is 3.52. The molecule has 0 amide bonds. The molecule has 14 heteroatoms. The van der Waals surface area contributed by atoms with Crippen LogP contribution in [0.1, 0.15) is 43.2 Å². The average Bonchev–Trinajstić information content (AvgIpc) is 3.56. The maximum absolute atomic E-state index is 16.6. The Hall–Kier alpha value is -3.03. The number of anilines is 2. The zero-order valence-electron chi connectivity index (χ0n) is 23.4. The van der Waals surface area contributed by atoms with Crippen LogP contribution in [0.25, 0.3) is 22.2 Å². The fourth-order valence-corrected chi connectivity index (χ4v) is 7.82. The van der Waals surface area contributed by atoms with Crippen LogP contribution in [0.15, 0.2) is 12.1 Å². The van der Waals surface area contributed by atoms with Crippen molar-refractivity contribution in [3.63, 3.8) is 0 Å². The lowest BCUT2D eigenvalue weighted by Crippen LogP contribution is -2.51. The van der Waals surface area contributed by atoms with Gasteiger partial charge >= 0.3 is 12.2 Å². The van der Waals surface area contributed by atoms with Gasteiger partial charge < -0.3 is 20.7 Å². The fourth-order valence-electron chi connectivity index (χ4n) is 7.54. The third kappa shape index (κ3) is 4.93. The SMILES string of the molecule is Cc1cc(N)nc(-c2c(Cl)cc3c(N4CC5CCC(C4)N5)nc(OC[C@@]45CCCN4C[C@@H](F)C5)nc3c2F)c1C(F)(F)F. The van der Waals surface area contributed by atoms with E-state index in [0.29, 0.717) is 31.9 Å². The van der Waals surface area contributed by atoms with Crippen LogP contribution >= 0.6 is 11.6 Å². The topological polar surface area (TPSA) is 92.4 Å². The van der Waals surface area contributed by atoms with E-state index in [9.17, 15) is 17.6 Å². The number of aromatic nitrogens is 3. The van der Waals surface area contributed by atoms with Gasteiger partial charge in [0, 0.05) is 43.5 Å². The molecular formula is C29H31ClF5N7O. The first-order valence-corrected chi connectivity index (χ1v) is 14.9. The maximum atomic E-state index is 16.6. The number of rotatable bonds is 5. The van der Waals surface area contributed by atoms with E-state index in [-0.39, 0.29) is 52.0 Å². The normalized spacial score (nSPS) is 27.3. The number of hydrogen-bond donors (Lipinski definition) is 2. The summed E-state index contributed by atoms with van der Waals surface area (Å²) in [6.07, 6.45) is -1.86. The third-order valence-electron chi connectivity index (χ3n) is 9.35. The second kappa shape index (κ2) is 10.3. The summed E-state index contributed by atoms with van der Waals surface area (Å²) in [4.78, 5) is 17.1.